The Hall–Kier alpha value is -0.690. The maximum Gasteiger partial charge on any atom is 0.0366 e. The zero-order valence-electron chi connectivity index (χ0n) is 9.67. The van der Waals surface area contributed by atoms with Gasteiger partial charge in [-0.3, -0.25) is 0 Å². The molecule has 0 N–H and O–H groups in total. The van der Waals surface area contributed by atoms with Gasteiger partial charge in [0.15, 0.2) is 0 Å². The van der Waals surface area contributed by atoms with Gasteiger partial charge in [0, 0.05) is 25.2 Å². The first-order chi connectivity index (χ1) is 7.24. The first-order valence-electron chi connectivity index (χ1n) is 5.58. The standard InChI is InChI=1S/C13H20ClN/c1-12-7-6-8-13(11-12)15(2)10-5-3-4-9-14/h6-8,11H,3-5,9-10H2,1-2H3. The molecular weight excluding hydrogens is 206 g/mol. The number of rotatable bonds is 6. The molecule has 0 bridgehead atoms. The molecule has 0 saturated carbocycles. The van der Waals surface area contributed by atoms with Gasteiger partial charge < -0.3 is 4.90 Å². The minimum Gasteiger partial charge on any atom is -0.375 e. The summed E-state index contributed by atoms with van der Waals surface area (Å²) in [5, 5.41) is 0. The molecule has 2 heteroatoms. The van der Waals surface area contributed by atoms with Crippen molar-refractivity contribution in [2.24, 2.45) is 0 Å². The summed E-state index contributed by atoms with van der Waals surface area (Å²) in [6.07, 6.45) is 3.57. The predicted octanol–water partition coefficient (Wildman–Crippen LogP) is 3.84. The highest BCUT2D eigenvalue weighted by Crippen LogP contribution is 2.14. The SMILES string of the molecule is Cc1cccc(N(C)CCCCCCl)c1. The third-order valence-corrected chi connectivity index (χ3v) is 2.84. The summed E-state index contributed by atoms with van der Waals surface area (Å²) in [7, 11) is 2.15. The van der Waals surface area contributed by atoms with Crippen molar-refractivity contribution in [2.45, 2.75) is 26.2 Å². The van der Waals surface area contributed by atoms with E-state index in [9.17, 15) is 0 Å². The van der Waals surface area contributed by atoms with E-state index in [1.165, 1.54) is 24.1 Å². The van der Waals surface area contributed by atoms with Crippen molar-refractivity contribution in [2.75, 3.05) is 24.4 Å². The van der Waals surface area contributed by atoms with Crippen LogP contribution in [0.25, 0.3) is 0 Å². The third-order valence-electron chi connectivity index (χ3n) is 2.57. The minimum absolute atomic E-state index is 0.786. The monoisotopic (exact) mass is 225 g/mol. The smallest absolute Gasteiger partial charge is 0.0366 e. The van der Waals surface area contributed by atoms with Crippen molar-refractivity contribution in [1.82, 2.24) is 0 Å². The van der Waals surface area contributed by atoms with E-state index in [1.807, 2.05) is 0 Å². The fraction of sp³-hybridized carbons (Fsp3) is 0.538. The molecule has 0 heterocycles. The topological polar surface area (TPSA) is 3.24 Å². The summed E-state index contributed by atoms with van der Waals surface area (Å²) < 4.78 is 0. The van der Waals surface area contributed by atoms with Crippen molar-refractivity contribution in [3.8, 4) is 0 Å². The number of hydrogen-bond donors (Lipinski definition) is 0. The molecule has 0 fully saturated rings. The number of anilines is 1. The van der Waals surface area contributed by atoms with Crippen LogP contribution in [0.5, 0.6) is 0 Å². The fourth-order valence-corrected chi connectivity index (χ4v) is 1.80. The Morgan fingerprint density at radius 2 is 2.00 bits per heavy atom. The van der Waals surface area contributed by atoms with Crippen LogP contribution in [0.2, 0.25) is 0 Å². The largest absolute Gasteiger partial charge is 0.375 e. The maximum absolute atomic E-state index is 5.64. The van der Waals surface area contributed by atoms with Crippen molar-refractivity contribution < 1.29 is 0 Å². The highest BCUT2D eigenvalue weighted by Gasteiger charge is 1.99. The average Bonchev–Trinajstić information content (AvgIpc) is 2.24. The lowest BCUT2D eigenvalue weighted by Crippen LogP contribution is -2.18. The number of unbranched alkanes of at least 4 members (excludes halogenated alkanes) is 2. The Bertz CT molecular complexity index is 286. The number of alkyl halides is 1. The molecule has 84 valence electrons. The molecule has 0 radical (unpaired) electrons. The van der Waals surface area contributed by atoms with E-state index in [0.717, 1.165) is 18.8 Å². The predicted molar refractivity (Wildman–Crippen MR) is 69.0 cm³/mol. The average molecular weight is 226 g/mol. The highest BCUT2D eigenvalue weighted by molar-refractivity contribution is 6.17. The summed E-state index contributed by atoms with van der Waals surface area (Å²) >= 11 is 5.64. The first kappa shape index (κ1) is 12.4. The van der Waals surface area contributed by atoms with E-state index in [-0.39, 0.29) is 0 Å². The van der Waals surface area contributed by atoms with E-state index in [1.54, 1.807) is 0 Å². The van der Waals surface area contributed by atoms with Gasteiger partial charge in [-0.05, 0) is 37.5 Å². The van der Waals surface area contributed by atoms with Gasteiger partial charge >= 0.3 is 0 Å². The van der Waals surface area contributed by atoms with Crippen LogP contribution < -0.4 is 4.90 Å². The van der Waals surface area contributed by atoms with Crippen LogP contribution in [-0.4, -0.2) is 19.5 Å². The highest BCUT2D eigenvalue weighted by atomic mass is 35.5. The second-order valence-electron chi connectivity index (χ2n) is 4.01. The molecule has 0 aliphatic carbocycles. The van der Waals surface area contributed by atoms with Crippen LogP contribution >= 0.6 is 11.6 Å². The molecule has 0 spiro atoms. The normalized spacial score (nSPS) is 10.3. The van der Waals surface area contributed by atoms with Crippen molar-refractivity contribution in [1.29, 1.82) is 0 Å². The maximum atomic E-state index is 5.64. The molecule has 0 aliphatic rings. The second kappa shape index (κ2) is 6.73. The van der Waals surface area contributed by atoms with Gasteiger partial charge in [-0.25, -0.2) is 0 Å². The molecule has 0 saturated heterocycles. The van der Waals surface area contributed by atoms with E-state index in [2.05, 4.69) is 43.1 Å². The van der Waals surface area contributed by atoms with Crippen molar-refractivity contribution >= 4 is 17.3 Å². The zero-order valence-corrected chi connectivity index (χ0v) is 10.4. The van der Waals surface area contributed by atoms with Gasteiger partial charge in [0.1, 0.15) is 0 Å². The Balaban J connectivity index is 2.36. The number of nitrogens with zero attached hydrogens (tertiary/aromatic N) is 1. The molecule has 0 unspecified atom stereocenters. The lowest BCUT2D eigenvalue weighted by Gasteiger charge is -2.19. The van der Waals surface area contributed by atoms with Crippen LogP contribution in [-0.2, 0) is 0 Å². The van der Waals surface area contributed by atoms with Gasteiger partial charge in [0.05, 0.1) is 0 Å². The third kappa shape index (κ3) is 4.57. The molecule has 0 aromatic heterocycles. The van der Waals surface area contributed by atoms with Gasteiger partial charge in [-0.2, -0.15) is 0 Å². The molecule has 0 atom stereocenters. The van der Waals surface area contributed by atoms with Crippen molar-refractivity contribution in [3.05, 3.63) is 29.8 Å². The van der Waals surface area contributed by atoms with Gasteiger partial charge in [0.2, 0.25) is 0 Å². The number of benzene rings is 1. The molecule has 0 aliphatic heterocycles. The molecule has 1 rings (SSSR count). The van der Waals surface area contributed by atoms with Gasteiger partial charge in [-0.1, -0.05) is 18.6 Å². The van der Waals surface area contributed by atoms with E-state index in [0.29, 0.717) is 0 Å². The number of halogens is 1. The van der Waals surface area contributed by atoms with E-state index >= 15 is 0 Å². The second-order valence-corrected chi connectivity index (χ2v) is 4.39. The summed E-state index contributed by atoms with van der Waals surface area (Å²) in [4.78, 5) is 2.31. The molecular formula is C13H20ClN. The Morgan fingerprint density at radius 3 is 2.67 bits per heavy atom. The Morgan fingerprint density at radius 1 is 1.20 bits per heavy atom. The molecule has 1 aromatic carbocycles. The summed E-state index contributed by atoms with van der Waals surface area (Å²) in [6, 6.07) is 8.63. The lowest BCUT2D eigenvalue weighted by atomic mass is 10.2. The number of hydrogen-bond acceptors (Lipinski definition) is 1. The Kier molecular flexibility index (Phi) is 5.56. The molecule has 15 heavy (non-hydrogen) atoms. The quantitative estimate of drug-likeness (QED) is 0.525. The molecule has 1 nitrogen and oxygen atoms in total. The van der Waals surface area contributed by atoms with Crippen LogP contribution in [0, 0.1) is 6.92 Å². The van der Waals surface area contributed by atoms with Crippen molar-refractivity contribution in [3.63, 3.8) is 0 Å². The summed E-state index contributed by atoms with van der Waals surface area (Å²) in [5.74, 6) is 0.786. The Labute approximate surface area is 98.0 Å². The molecule has 1 aromatic rings. The summed E-state index contributed by atoms with van der Waals surface area (Å²) in [5.41, 5.74) is 2.63. The van der Waals surface area contributed by atoms with Gasteiger partial charge in [-0.15, -0.1) is 11.6 Å². The molecule has 0 amide bonds. The van der Waals surface area contributed by atoms with Gasteiger partial charge in [0.25, 0.3) is 0 Å². The zero-order chi connectivity index (χ0) is 11.1. The summed E-state index contributed by atoms with van der Waals surface area (Å²) in [6.45, 7) is 3.24. The van der Waals surface area contributed by atoms with Crippen LogP contribution in [0.4, 0.5) is 5.69 Å². The van der Waals surface area contributed by atoms with E-state index < -0.39 is 0 Å². The fourth-order valence-electron chi connectivity index (χ4n) is 1.61. The minimum atomic E-state index is 0.786. The number of aryl methyl sites for hydroxylation is 1. The van der Waals surface area contributed by atoms with Crippen LogP contribution in [0.1, 0.15) is 24.8 Å². The lowest BCUT2D eigenvalue weighted by molar-refractivity contribution is 0.708. The van der Waals surface area contributed by atoms with E-state index in [4.69, 9.17) is 11.6 Å². The van der Waals surface area contributed by atoms with Crippen LogP contribution in [0.3, 0.4) is 0 Å². The first-order valence-corrected chi connectivity index (χ1v) is 6.11. The van der Waals surface area contributed by atoms with Crippen LogP contribution in [0.15, 0.2) is 24.3 Å².